The molecule has 2 aromatic rings. The van der Waals surface area contributed by atoms with Gasteiger partial charge in [0.05, 0.1) is 6.21 Å². The van der Waals surface area contributed by atoms with Crippen LogP contribution in [0.15, 0.2) is 40.8 Å². The Bertz CT molecular complexity index is 695. The van der Waals surface area contributed by atoms with Crippen LogP contribution in [0, 0.1) is 6.92 Å². The Morgan fingerprint density at radius 3 is 2.59 bits per heavy atom. The second-order valence-corrected chi connectivity index (χ2v) is 5.86. The number of carbonyl (C=O) groups is 2. The van der Waals surface area contributed by atoms with Gasteiger partial charge in [-0.1, -0.05) is 23.7 Å². The second kappa shape index (κ2) is 7.72. The number of benzene rings is 1. The van der Waals surface area contributed by atoms with E-state index in [1.165, 1.54) is 17.6 Å². The molecule has 22 heavy (non-hydrogen) atoms. The van der Waals surface area contributed by atoms with Crippen molar-refractivity contribution < 1.29 is 9.59 Å². The van der Waals surface area contributed by atoms with E-state index in [0.29, 0.717) is 5.02 Å². The zero-order valence-electron chi connectivity index (χ0n) is 11.8. The third-order valence-corrected chi connectivity index (χ3v) is 4.03. The number of halogens is 1. The molecule has 0 bridgehead atoms. The molecule has 0 aliphatic heterocycles. The molecule has 1 aromatic carbocycles. The maximum atomic E-state index is 11.6. The van der Waals surface area contributed by atoms with E-state index < -0.39 is 11.8 Å². The summed E-state index contributed by atoms with van der Waals surface area (Å²) in [4.78, 5) is 24.1. The van der Waals surface area contributed by atoms with Gasteiger partial charge in [0.2, 0.25) is 0 Å². The maximum absolute atomic E-state index is 11.6. The van der Waals surface area contributed by atoms with E-state index in [4.69, 9.17) is 11.6 Å². The van der Waals surface area contributed by atoms with Gasteiger partial charge in [-0.2, -0.15) is 5.10 Å². The van der Waals surface area contributed by atoms with E-state index >= 15 is 0 Å². The number of amides is 2. The van der Waals surface area contributed by atoms with Gasteiger partial charge in [-0.3, -0.25) is 9.59 Å². The lowest BCUT2D eigenvalue weighted by atomic mass is 10.2. The van der Waals surface area contributed by atoms with Crippen molar-refractivity contribution in [2.24, 2.45) is 5.10 Å². The van der Waals surface area contributed by atoms with E-state index in [9.17, 15) is 9.59 Å². The topological polar surface area (TPSA) is 70.6 Å². The smallest absolute Gasteiger partial charge is 0.329 e. The lowest BCUT2D eigenvalue weighted by Gasteiger charge is -2.04. The highest BCUT2D eigenvalue weighted by Crippen LogP contribution is 2.12. The highest BCUT2D eigenvalue weighted by molar-refractivity contribution is 7.11. The van der Waals surface area contributed by atoms with Crippen LogP contribution in [0.4, 0.5) is 0 Å². The molecule has 2 N–H and O–H groups in total. The quantitative estimate of drug-likeness (QED) is 0.512. The Kier molecular flexibility index (Phi) is 5.68. The Balaban J connectivity index is 1.79. The fourth-order valence-electron chi connectivity index (χ4n) is 1.58. The molecule has 0 spiro atoms. The molecule has 5 nitrogen and oxygen atoms in total. The van der Waals surface area contributed by atoms with Gasteiger partial charge in [0.25, 0.3) is 0 Å². The summed E-state index contributed by atoms with van der Waals surface area (Å²) >= 11 is 7.28. The molecule has 1 heterocycles. The number of thiophene rings is 1. The summed E-state index contributed by atoms with van der Waals surface area (Å²) < 4.78 is 0. The van der Waals surface area contributed by atoms with Crippen molar-refractivity contribution in [1.29, 1.82) is 0 Å². The minimum absolute atomic E-state index is 0.247. The predicted octanol–water partition coefficient (Wildman–Crippen LogP) is 2.48. The van der Waals surface area contributed by atoms with Crippen molar-refractivity contribution in [3.63, 3.8) is 0 Å². The SMILES string of the molecule is Cc1ccsc1/C=N\NC(=O)C(=O)NCc1ccc(Cl)cc1. The van der Waals surface area contributed by atoms with Crippen LogP contribution in [0.25, 0.3) is 0 Å². The van der Waals surface area contributed by atoms with E-state index in [0.717, 1.165) is 16.0 Å². The first-order chi connectivity index (χ1) is 10.6. The van der Waals surface area contributed by atoms with Crippen molar-refractivity contribution in [1.82, 2.24) is 10.7 Å². The third kappa shape index (κ3) is 4.68. The van der Waals surface area contributed by atoms with E-state index in [1.807, 2.05) is 18.4 Å². The highest BCUT2D eigenvalue weighted by Gasteiger charge is 2.11. The standard InChI is InChI=1S/C15H14ClN3O2S/c1-10-6-7-22-13(10)9-18-19-15(21)14(20)17-8-11-2-4-12(16)5-3-11/h2-7,9H,8H2,1H3,(H,17,20)(H,19,21)/b18-9-. The van der Waals surface area contributed by atoms with E-state index in [1.54, 1.807) is 24.3 Å². The van der Waals surface area contributed by atoms with Crippen molar-refractivity contribution in [3.8, 4) is 0 Å². The highest BCUT2D eigenvalue weighted by atomic mass is 35.5. The van der Waals surface area contributed by atoms with Gasteiger partial charge in [0, 0.05) is 16.4 Å². The molecule has 0 saturated heterocycles. The summed E-state index contributed by atoms with van der Waals surface area (Å²) in [5.41, 5.74) is 4.11. The van der Waals surface area contributed by atoms with Gasteiger partial charge in [0.1, 0.15) is 0 Å². The van der Waals surface area contributed by atoms with Crippen molar-refractivity contribution in [2.75, 3.05) is 0 Å². The number of nitrogens with zero attached hydrogens (tertiary/aromatic N) is 1. The van der Waals surface area contributed by atoms with Crippen LogP contribution in [-0.2, 0) is 16.1 Å². The number of aryl methyl sites for hydroxylation is 1. The molecule has 7 heteroatoms. The number of carbonyl (C=O) groups excluding carboxylic acids is 2. The Labute approximate surface area is 137 Å². The summed E-state index contributed by atoms with van der Waals surface area (Å²) in [5.74, 6) is -1.55. The van der Waals surface area contributed by atoms with Crippen molar-refractivity contribution in [2.45, 2.75) is 13.5 Å². The van der Waals surface area contributed by atoms with Crippen LogP contribution in [0.2, 0.25) is 5.02 Å². The van der Waals surface area contributed by atoms with Gasteiger partial charge < -0.3 is 5.32 Å². The minimum atomic E-state index is -0.806. The number of hydrazone groups is 1. The summed E-state index contributed by atoms with van der Waals surface area (Å²) in [6.07, 6.45) is 1.52. The molecule has 0 fully saturated rings. The van der Waals surface area contributed by atoms with Crippen LogP contribution < -0.4 is 10.7 Å². The van der Waals surface area contributed by atoms with Crippen LogP contribution in [-0.4, -0.2) is 18.0 Å². The summed E-state index contributed by atoms with van der Waals surface area (Å²) in [6, 6.07) is 8.94. The molecule has 0 aliphatic carbocycles. The van der Waals surface area contributed by atoms with Gasteiger partial charge in [-0.05, 0) is 41.6 Å². The largest absolute Gasteiger partial charge is 0.344 e. The van der Waals surface area contributed by atoms with Crippen LogP contribution in [0.3, 0.4) is 0 Å². The van der Waals surface area contributed by atoms with Crippen molar-refractivity contribution in [3.05, 3.63) is 56.7 Å². The maximum Gasteiger partial charge on any atom is 0.329 e. The number of rotatable bonds is 4. The molecular formula is C15H14ClN3O2S. The number of hydrogen-bond acceptors (Lipinski definition) is 4. The molecule has 0 atom stereocenters. The lowest BCUT2D eigenvalue weighted by molar-refractivity contribution is -0.139. The van der Waals surface area contributed by atoms with Crippen molar-refractivity contribution >= 4 is 41.0 Å². The fraction of sp³-hybridized carbons (Fsp3) is 0.133. The summed E-state index contributed by atoms with van der Waals surface area (Å²) in [7, 11) is 0. The predicted molar refractivity (Wildman–Crippen MR) is 88.1 cm³/mol. The fourth-order valence-corrected chi connectivity index (χ4v) is 2.49. The minimum Gasteiger partial charge on any atom is -0.344 e. The van der Waals surface area contributed by atoms with Gasteiger partial charge in [0.15, 0.2) is 0 Å². The van der Waals surface area contributed by atoms with Crippen LogP contribution in [0.5, 0.6) is 0 Å². The Morgan fingerprint density at radius 2 is 1.95 bits per heavy atom. The molecule has 0 aliphatic rings. The van der Waals surface area contributed by atoms with E-state index in [2.05, 4.69) is 15.8 Å². The Hall–Kier alpha value is -2.18. The summed E-state index contributed by atoms with van der Waals surface area (Å²) in [6.45, 7) is 2.19. The lowest BCUT2D eigenvalue weighted by Crippen LogP contribution is -2.37. The molecule has 1 aromatic heterocycles. The molecule has 114 valence electrons. The number of nitrogens with one attached hydrogen (secondary N) is 2. The van der Waals surface area contributed by atoms with Gasteiger partial charge >= 0.3 is 11.8 Å². The van der Waals surface area contributed by atoms with Crippen LogP contribution in [0.1, 0.15) is 16.0 Å². The molecule has 0 radical (unpaired) electrons. The number of hydrogen-bond donors (Lipinski definition) is 2. The first-order valence-corrected chi connectivity index (χ1v) is 7.72. The van der Waals surface area contributed by atoms with Gasteiger partial charge in [-0.25, -0.2) is 5.43 Å². The normalized spacial score (nSPS) is 10.6. The molecule has 0 saturated carbocycles. The Morgan fingerprint density at radius 1 is 1.23 bits per heavy atom. The second-order valence-electron chi connectivity index (χ2n) is 4.48. The molecule has 2 rings (SSSR count). The summed E-state index contributed by atoms with van der Waals surface area (Å²) in [5, 5.41) is 8.82. The van der Waals surface area contributed by atoms with E-state index in [-0.39, 0.29) is 6.54 Å². The third-order valence-electron chi connectivity index (χ3n) is 2.82. The average Bonchev–Trinajstić information content (AvgIpc) is 2.91. The first-order valence-electron chi connectivity index (χ1n) is 6.46. The van der Waals surface area contributed by atoms with Crippen LogP contribution >= 0.6 is 22.9 Å². The molecular weight excluding hydrogens is 322 g/mol. The zero-order chi connectivity index (χ0) is 15.9. The zero-order valence-corrected chi connectivity index (χ0v) is 13.4. The molecule has 2 amide bonds. The average molecular weight is 336 g/mol. The monoisotopic (exact) mass is 335 g/mol. The van der Waals surface area contributed by atoms with Gasteiger partial charge in [-0.15, -0.1) is 11.3 Å². The first kappa shape index (κ1) is 16.2. The molecule has 0 unspecified atom stereocenters.